The molecule has 0 fully saturated rings. The second kappa shape index (κ2) is 10.9. The molecule has 0 radical (unpaired) electrons. The van der Waals surface area contributed by atoms with Gasteiger partial charge < -0.3 is 0 Å². The summed E-state index contributed by atoms with van der Waals surface area (Å²) in [5.74, 6) is 0. The molecular formula is C41H38Si. The van der Waals surface area contributed by atoms with Crippen LogP contribution in [0.15, 0.2) is 126 Å². The van der Waals surface area contributed by atoms with Crippen LogP contribution in [-0.2, 0) is 25.7 Å². The monoisotopic (exact) mass is 558 g/mol. The Morgan fingerprint density at radius 3 is 1.38 bits per heavy atom. The number of benzene rings is 5. The molecule has 0 aliphatic heterocycles. The van der Waals surface area contributed by atoms with Gasteiger partial charge in [0.25, 0.3) is 0 Å². The lowest BCUT2D eigenvalue weighted by atomic mass is 9.93. The van der Waals surface area contributed by atoms with E-state index in [2.05, 4.69) is 148 Å². The fourth-order valence-corrected chi connectivity index (χ4v) is 11.3. The van der Waals surface area contributed by atoms with Gasteiger partial charge in [-0.3, -0.25) is 0 Å². The Morgan fingerprint density at radius 1 is 0.476 bits per heavy atom. The van der Waals surface area contributed by atoms with E-state index in [1.165, 1.54) is 60.8 Å². The van der Waals surface area contributed by atoms with E-state index < -0.39 is 8.07 Å². The molecule has 7 rings (SSSR count). The third-order valence-electron chi connectivity index (χ3n) is 9.80. The lowest BCUT2D eigenvalue weighted by molar-refractivity contribution is 1.14. The van der Waals surface area contributed by atoms with Crippen molar-refractivity contribution in [2.24, 2.45) is 0 Å². The van der Waals surface area contributed by atoms with Crippen molar-refractivity contribution < 1.29 is 0 Å². The summed E-state index contributed by atoms with van der Waals surface area (Å²) in [7, 11) is -2.22. The first kappa shape index (κ1) is 26.7. The van der Waals surface area contributed by atoms with Crippen molar-refractivity contribution in [3.05, 3.63) is 159 Å². The minimum atomic E-state index is -2.22. The fraction of sp³-hybridized carbons (Fsp3) is 0.171. The van der Waals surface area contributed by atoms with Gasteiger partial charge in [0.05, 0.1) is 0 Å². The van der Waals surface area contributed by atoms with Crippen LogP contribution in [-0.4, -0.2) is 8.07 Å². The summed E-state index contributed by atoms with van der Waals surface area (Å²) in [5, 5.41) is 4.76. The normalized spacial score (nSPS) is 13.9. The third-order valence-corrected chi connectivity index (χ3v) is 14.5. The summed E-state index contributed by atoms with van der Waals surface area (Å²) in [6.07, 6.45) is 9.34. The third kappa shape index (κ3) is 4.35. The standard InChI is InChI=1S/C41H38Si/c1-4-29-15-9-11-21-36(29)38-23-13-17-31-25-34(27-40(31)38)42(3,33-19-7-6-8-20-33)35-26-32-18-14-24-39(41(32)28-35)37-22-12-10-16-30(37)5-2/h6-24,27-28H,4-5,25-26H2,1-3H3. The van der Waals surface area contributed by atoms with Crippen molar-refractivity contribution in [2.75, 3.05) is 0 Å². The topological polar surface area (TPSA) is 0 Å². The predicted molar refractivity (Wildman–Crippen MR) is 184 cm³/mol. The predicted octanol–water partition coefficient (Wildman–Crippen LogP) is 9.79. The van der Waals surface area contributed by atoms with Crippen LogP contribution in [0.25, 0.3) is 34.4 Å². The SMILES string of the molecule is CCc1ccccc1-c1cccc2c1C=C([Si](C)(C1=Cc3c(cccc3-c3ccccc3CC)C1)c1ccccc1)C2. The maximum Gasteiger partial charge on any atom is 0.137 e. The number of rotatable bonds is 7. The number of fused-ring (bicyclic) bond motifs is 2. The van der Waals surface area contributed by atoms with Crippen LogP contribution in [0.5, 0.6) is 0 Å². The number of allylic oxidation sites excluding steroid dienone is 2. The van der Waals surface area contributed by atoms with Crippen LogP contribution in [0.2, 0.25) is 6.55 Å². The molecule has 0 unspecified atom stereocenters. The first-order valence-corrected chi connectivity index (χ1v) is 18.0. The molecule has 0 amide bonds. The molecule has 0 spiro atoms. The molecule has 206 valence electrons. The van der Waals surface area contributed by atoms with Gasteiger partial charge in [0.15, 0.2) is 0 Å². The second-order valence-corrected chi connectivity index (χ2v) is 16.1. The highest BCUT2D eigenvalue weighted by Crippen LogP contribution is 2.44. The van der Waals surface area contributed by atoms with Gasteiger partial charge in [-0.25, -0.2) is 0 Å². The molecule has 0 nitrogen and oxygen atoms in total. The summed E-state index contributed by atoms with van der Waals surface area (Å²) < 4.78 is 0. The van der Waals surface area contributed by atoms with Crippen molar-refractivity contribution in [3.8, 4) is 22.3 Å². The van der Waals surface area contributed by atoms with Crippen LogP contribution in [0, 0.1) is 0 Å². The molecule has 1 heteroatoms. The van der Waals surface area contributed by atoms with E-state index >= 15 is 0 Å². The first-order valence-electron chi connectivity index (χ1n) is 15.5. The summed E-state index contributed by atoms with van der Waals surface area (Å²) in [5.41, 5.74) is 14.2. The Hall–Kier alpha value is -4.20. The highest BCUT2D eigenvalue weighted by molar-refractivity contribution is 7.03. The number of aryl methyl sites for hydroxylation is 2. The average Bonchev–Trinajstić information content (AvgIpc) is 3.70. The zero-order valence-corrected chi connectivity index (χ0v) is 26.0. The molecule has 0 heterocycles. The van der Waals surface area contributed by atoms with Crippen LogP contribution in [0.4, 0.5) is 0 Å². The highest BCUT2D eigenvalue weighted by atomic mass is 28.3. The molecule has 42 heavy (non-hydrogen) atoms. The maximum absolute atomic E-state index is 2.61. The van der Waals surface area contributed by atoms with Gasteiger partial charge >= 0.3 is 0 Å². The Balaban J connectivity index is 1.38. The van der Waals surface area contributed by atoms with Gasteiger partial charge in [-0.1, -0.05) is 163 Å². The zero-order chi connectivity index (χ0) is 28.7. The molecule has 0 atom stereocenters. The molecule has 0 bridgehead atoms. The average molecular weight is 559 g/mol. The Labute approximate surface area is 252 Å². The van der Waals surface area contributed by atoms with Crippen molar-refractivity contribution >= 4 is 25.4 Å². The quantitative estimate of drug-likeness (QED) is 0.174. The van der Waals surface area contributed by atoms with Gasteiger partial charge in [0.2, 0.25) is 0 Å². The number of hydrogen-bond acceptors (Lipinski definition) is 0. The van der Waals surface area contributed by atoms with E-state index in [9.17, 15) is 0 Å². The van der Waals surface area contributed by atoms with Crippen LogP contribution in [0.1, 0.15) is 47.2 Å². The zero-order valence-electron chi connectivity index (χ0n) is 25.0. The minimum Gasteiger partial charge on any atom is -0.0668 e. The van der Waals surface area contributed by atoms with Gasteiger partial charge in [0.1, 0.15) is 8.07 Å². The molecule has 0 saturated heterocycles. The Bertz CT molecular complexity index is 1740. The Morgan fingerprint density at radius 2 is 0.905 bits per heavy atom. The fourth-order valence-electron chi connectivity index (χ4n) is 7.38. The van der Waals surface area contributed by atoms with Crippen molar-refractivity contribution in [1.82, 2.24) is 0 Å². The molecule has 2 aliphatic carbocycles. The lowest BCUT2D eigenvalue weighted by Crippen LogP contribution is -2.49. The highest BCUT2D eigenvalue weighted by Gasteiger charge is 2.41. The van der Waals surface area contributed by atoms with Crippen molar-refractivity contribution in [3.63, 3.8) is 0 Å². The lowest BCUT2D eigenvalue weighted by Gasteiger charge is -2.32. The van der Waals surface area contributed by atoms with Crippen LogP contribution < -0.4 is 5.19 Å². The van der Waals surface area contributed by atoms with Crippen molar-refractivity contribution in [2.45, 2.75) is 46.1 Å². The summed E-state index contributed by atoms with van der Waals surface area (Å²) in [6.45, 7) is 7.14. The van der Waals surface area contributed by atoms with E-state index in [1.54, 1.807) is 10.4 Å². The smallest absolute Gasteiger partial charge is 0.0668 e. The van der Waals surface area contributed by atoms with E-state index in [1.807, 2.05) is 0 Å². The minimum absolute atomic E-state index is 1.04. The molecule has 2 aliphatic rings. The molecule has 0 saturated carbocycles. The van der Waals surface area contributed by atoms with Gasteiger partial charge in [-0.15, -0.1) is 0 Å². The second-order valence-electron chi connectivity index (χ2n) is 12.0. The van der Waals surface area contributed by atoms with E-state index in [-0.39, 0.29) is 0 Å². The van der Waals surface area contributed by atoms with E-state index in [0.29, 0.717) is 0 Å². The molecule has 5 aromatic rings. The molecular weight excluding hydrogens is 521 g/mol. The van der Waals surface area contributed by atoms with Crippen molar-refractivity contribution in [1.29, 1.82) is 0 Å². The summed E-state index contributed by atoms with van der Waals surface area (Å²) in [4.78, 5) is 0. The van der Waals surface area contributed by atoms with Crippen LogP contribution in [0.3, 0.4) is 0 Å². The maximum atomic E-state index is 2.61. The van der Waals surface area contributed by atoms with E-state index in [0.717, 1.165) is 25.7 Å². The first-order chi connectivity index (χ1) is 20.6. The van der Waals surface area contributed by atoms with Crippen LogP contribution >= 0.6 is 0 Å². The molecule has 0 N–H and O–H groups in total. The summed E-state index contributed by atoms with van der Waals surface area (Å²) in [6, 6.07) is 43.2. The summed E-state index contributed by atoms with van der Waals surface area (Å²) >= 11 is 0. The van der Waals surface area contributed by atoms with Gasteiger partial charge in [-0.2, -0.15) is 0 Å². The Kier molecular flexibility index (Phi) is 6.92. The number of hydrogen-bond donors (Lipinski definition) is 0. The van der Waals surface area contributed by atoms with Gasteiger partial charge in [0, 0.05) is 0 Å². The largest absolute Gasteiger partial charge is 0.137 e. The van der Waals surface area contributed by atoms with E-state index in [4.69, 9.17) is 0 Å². The molecule has 5 aromatic carbocycles. The molecule has 0 aromatic heterocycles. The van der Waals surface area contributed by atoms with Gasteiger partial charge in [-0.05, 0) is 81.3 Å².